The van der Waals surface area contributed by atoms with Crippen LogP contribution in [0.15, 0.2) is 41.4 Å². The van der Waals surface area contributed by atoms with Gasteiger partial charge in [0.1, 0.15) is 11.4 Å². The van der Waals surface area contributed by atoms with Crippen LogP contribution in [0.1, 0.15) is 12.5 Å². The minimum absolute atomic E-state index is 0.0135. The molecule has 0 aromatic heterocycles. The van der Waals surface area contributed by atoms with Crippen LogP contribution in [0.25, 0.3) is 0 Å². The fourth-order valence-electron chi connectivity index (χ4n) is 1.65. The quantitative estimate of drug-likeness (QED) is 0.840. The number of ether oxygens (including phenoxy) is 1. The van der Waals surface area contributed by atoms with Crippen LogP contribution in [-0.2, 0) is 0 Å². The van der Waals surface area contributed by atoms with Crippen molar-refractivity contribution in [1.29, 1.82) is 0 Å². The predicted octanol–water partition coefficient (Wildman–Crippen LogP) is 3.90. The molecule has 20 heavy (non-hydrogen) atoms. The average Bonchev–Trinajstić information content (AvgIpc) is 2.43. The SMILES string of the molecule is CCOc1cccc(C=Nc2cc(Cl)ccc2O)c1O. The van der Waals surface area contributed by atoms with Gasteiger partial charge >= 0.3 is 0 Å². The summed E-state index contributed by atoms with van der Waals surface area (Å²) in [4.78, 5) is 4.12. The van der Waals surface area contributed by atoms with Crippen molar-refractivity contribution in [3.05, 3.63) is 47.0 Å². The number of para-hydroxylation sites is 1. The number of benzene rings is 2. The summed E-state index contributed by atoms with van der Waals surface area (Å²) >= 11 is 5.84. The van der Waals surface area contributed by atoms with E-state index in [0.717, 1.165) is 0 Å². The van der Waals surface area contributed by atoms with Gasteiger partial charge in [0, 0.05) is 16.8 Å². The maximum Gasteiger partial charge on any atom is 0.166 e. The molecule has 2 aromatic rings. The molecule has 0 aliphatic carbocycles. The molecule has 2 aromatic carbocycles. The maximum absolute atomic E-state index is 10.0. The Bertz CT molecular complexity index is 641. The number of phenolic OH excluding ortho intramolecular Hbond substituents is 2. The highest BCUT2D eigenvalue weighted by Gasteiger charge is 2.06. The molecule has 0 saturated carbocycles. The second-order valence-electron chi connectivity index (χ2n) is 4.02. The first-order valence-electron chi connectivity index (χ1n) is 6.09. The second kappa shape index (κ2) is 6.30. The molecule has 4 nitrogen and oxygen atoms in total. The molecular formula is C15H14ClNO3. The van der Waals surface area contributed by atoms with Crippen LogP contribution in [0, 0.1) is 0 Å². The standard InChI is InChI=1S/C15H14ClNO3/c1-2-20-14-5-3-4-10(15(14)19)9-17-12-8-11(16)6-7-13(12)18/h3-9,18-19H,2H2,1H3. The summed E-state index contributed by atoms with van der Waals surface area (Å²) in [5, 5.41) is 20.2. The molecular weight excluding hydrogens is 278 g/mol. The highest BCUT2D eigenvalue weighted by atomic mass is 35.5. The van der Waals surface area contributed by atoms with E-state index in [9.17, 15) is 10.2 Å². The molecule has 0 atom stereocenters. The van der Waals surface area contributed by atoms with Gasteiger partial charge in [-0.15, -0.1) is 0 Å². The van der Waals surface area contributed by atoms with Gasteiger partial charge in [0.2, 0.25) is 0 Å². The van der Waals surface area contributed by atoms with E-state index in [1.54, 1.807) is 24.3 Å². The van der Waals surface area contributed by atoms with Crippen molar-refractivity contribution < 1.29 is 14.9 Å². The van der Waals surface area contributed by atoms with Gasteiger partial charge in [-0.3, -0.25) is 4.99 Å². The van der Waals surface area contributed by atoms with Gasteiger partial charge in [0.25, 0.3) is 0 Å². The van der Waals surface area contributed by atoms with Crippen LogP contribution < -0.4 is 4.74 Å². The van der Waals surface area contributed by atoms with Gasteiger partial charge < -0.3 is 14.9 Å². The van der Waals surface area contributed by atoms with Crippen molar-refractivity contribution in [2.24, 2.45) is 4.99 Å². The lowest BCUT2D eigenvalue weighted by atomic mass is 10.2. The number of phenols is 2. The fraction of sp³-hybridized carbons (Fsp3) is 0.133. The summed E-state index contributed by atoms with van der Waals surface area (Å²) in [5.41, 5.74) is 0.828. The number of nitrogens with zero attached hydrogens (tertiary/aromatic N) is 1. The molecule has 0 amide bonds. The first-order valence-corrected chi connectivity index (χ1v) is 6.47. The molecule has 0 aliphatic rings. The molecule has 0 unspecified atom stereocenters. The normalized spacial score (nSPS) is 10.9. The Balaban J connectivity index is 2.32. The van der Waals surface area contributed by atoms with Gasteiger partial charge in [-0.05, 0) is 37.3 Å². The first-order chi connectivity index (χ1) is 9.61. The Morgan fingerprint density at radius 3 is 2.80 bits per heavy atom. The van der Waals surface area contributed by atoms with E-state index in [4.69, 9.17) is 16.3 Å². The molecule has 0 saturated heterocycles. The van der Waals surface area contributed by atoms with E-state index in [1.807, 2.05) is 6.92 Å². The Hall–Kier alpha value is -2.20. The lowest BCUT2D eigenvalue weighted by Gasteiger charge is -2.07. The Morgan fingerprint density at radius 2 is 2.05 bits per heavy atom. The summed E-state index contributed by atoms with van der Waals surface area (Å²) in [7, 11) is 0. The highest BCUT2D eigenvalue weighted by Crippen LogP contribution is 2.31. The van der Waals surface area contributed by atoms with Gasteiger partial charge in [0.05, 0.1) is 6.61 Å². The summed E-state index contributed by atoms with van der Waals surface area (Å²) in [6, 6.07) is 9.70. The zero-order valence-electron chi connectivity index (χ0n) is 10.9. The van der Waals surface area contributed by atoms with E-state index < -0.39 is 0 Å². The van der Waals surface area contributed by atoms with Crippen molar-refractivity contribution in [3.8, 4) is 17.2 Å². The van der Waals surface area contributed by atoms with Crippen LogP contribution in [-0.4, -0.2) is 23.0 Å². The summed E-state index contributed by atoms with van der Waals surface area (Å²) in [5.74, 6) is 0.428. The fourth-order valence-corrected chi connectivity index (χ4v) is 1.82. The van der Waals surface area contributed by atoms with Crippen LogP contribution in [0.4, 0.5) is 5.69 Å². The van der Waals surface area contributed by atoms with Gasteiger partial charge in [-0.25, -0.2) is 0 Å². The minimum atomic E-state index is 0.0135. The zero-order valence-corrected chi connectivity index (χ0v) is 11.6. The van der Waals surface area contributed by atoms with Crippen LogP contribution in [0.2, 0.25) is 5.02 Å². The number of aromatic hydroxyl groups is 2. The number of hydrogen-bond acceptors (Lipinski definition) is 4. The third-order valence-electron chi connectivity index (χ3n) is 2.61. The summed E-state index contributed by atoms with van der Waals surface area (Å²) in [6.45, 7) is 2.30. The van der Waals surface area contributed by atoms with E-state index >= 15 is 0 Å². The molecule has 2 rings (SSSR count). The van der Waals surface area contributed by atoms with Gasteiger partial charge in [-0.1, -0.05) is 17.7 Å². The topological polar surface area (TPSA) is 62.0 Å². The van der Waals surface area contributed by atoms with Crippen molar-refractivity contribution in [2.45, 2.75) is 6.92 Å². The molecule has 0 heterocycles. The van der Waals surface area contributed by atoms with Crippen molar-refractivity contribution in [2.75, 3.05) is 6.61 Å². The monoisotopic (exact) mass is 291 g/mol. The van der Waals surface area contributed by atoms with Gasteiger partial charge in [-0.2, -0.15) is 0 Å². The van der Waals surface area contributed by atoms with Crippen LogP contribution >= 0.6 is 11.6 Å². The smallest absolute Gasteiger partial charge is 0.166 e. The van der Waals surface area contributed by atoms with Crippen LogP contribution in [0.5, 0.6) is 17.2 Å². The van der Waals surface area contributed by atoms with Crippen molar-refractivity contribution in [1.82, 2.24) is 0 Å². The highest BCUT2D eigenvalue weighted by molar-refractivity contribution is 6.30. The minimum Gasteiger partial charge on any atom is -0.506 e. The Kier molecular flexibility index (Phi) is 4.48. The third kappa shape index (κ3) is 3.22. The van der Waals surface area contributed by atoms with Crippen LogP contribution in [0.3, 0.4) is 0 Å². The second-order valence-corrected chi connectivity index (χ2v) is 4.45. The number of aliphatic imine (C=N–C) groups is 1. The molecule has 5 heteroatoms. The lowest BCUT2D eigenvalue weighted by molar-refractivity contribution is 0.318. The Labute approximate surface area is 121 Å². The number of halogens is 1. The van der Waals surface area contributed by atoms with Crippen molar-refractivity contribution >= 4 is 23.5 Å². The van der Waals surface area contributed by atoms with Gasteiger partial charge in [0.15, 0.2) is 11.5 Å². The maximum atomic E-state index is 10.0. The molecule has 2 N–H and O–H groups in total. The molecule has 0 aliphatic heterocycles. The zero-order chi connectivity index (χ0) is 14.5. The summed E-state index contributed by atoms with van der Waals surface area (Å²) in [6.07, 6.45) is 1.45. The predicted molar refractivity (Wildman–Crippen MR) is 79.6 cm³/mol. The van der Waals surface area contributed by atoms with E-state index in [-0.39, 0.29) is 11.5 Å². The Morgan fingerprint density at radius 1 is 1.25 bits per heavy atom. The number of hydrogen-bond donors (Lipinski definition) is 2. The van der Waals surface area contributed by atoms with E-state index in [2.05, 4.69) is 4.99 Å². The number of rotatable bonds is 4. The molecule has 0 fully saturated rings. The largest absolute Gasteiger partial charge is 0.506 e. The van der Waals surface area contributed by atoms with E-state index in [0.29, 0.717) is 28.6 Å². The third-order valence-corrected chi connectivity index (χ3v) is 2.85. The molecule has 0 radical (unpaired) electrons. The van der Waals surface area contributed by atoms with Crippen molar-refractivity contribution in [3.63, 3.8) is 0 Å². The average molecular weight is 292 g/mol. The molecule has 104 valence electrons. The molecule has 0 spiro atoms. The first kappa shape index (κ1) is 14.2. The van der Waals surface area contributed by atoms with E-state index in [1.165, 1.54) is 18.3 Å². The summed E-state index contributed by atoms with van der Waals surface area (Å²) < 4.78 is 5.29. The molecule has 0 bridgehead atoms. The lowest BCUT2D eigenvalue weighted by Crippen LogP contribution is -1.93.